The largest absolute Gasteiger partial charge is 0.466 e. The fourth-order valence-electron chi connectivity index (χ4n) is 1.66. The minimum Gasteiger partial charge on any atom is -0.466 e. The number of esters is 2. The molecule has 0 aliphatic heterocycles. The normalized spacial score (nSPS) is 12.8. The van der Waals surface area contributed by atoms with E-state index in [1.54, 1.807) is 6.92 Å². The highest BCUT2D eigenvalue weighted by atomic mass is 79.9. The van der Waals surface area contributed by atoms with Gasteiger partial charge in [0.2, 0.25) is 0 Å². The number of alkyl halides is 1. The van der Waals surface area contributed by atoms with Crippen molar-refractivity contribution in [1.82, 2.24) is 0 Å². The lowest BCUT2D eigenvalue weighted by molar-refractivity contribution is -0.155. The van der Waals surface area contributed by atoms with Crippen LogP contribution < -0.4 is 0 Å². The van der Waals surface area contributed by atoms with Gasteiger partial charge in [0.15, 0.2) is 0 Å². The summed E-state index contributed by atoms with van der Waals surface area (Å²) < 4.78 is 10.3. The third-order valence-electron chi connectivity index (χ3n) is 3.21. The van der Waals surface area contributed by atoms with Crippen LogP contribution in [-0.2, 0) is 19.1 Å². The van der Waals surface area contributed by atoms with Crippen molar-refractivity contribution in [3.05, 3.63) is 0 Å². The zero-order valence-electron chi connectivity index (χ0n) is 13.0. The highest BCUT2D eigenvalue weighted by molar-refractivity contribution is 9.09. The molecule has 0 bridgehead atoms. The molecule has 0 N–H and O–H groups in total. The molecule has 1 unspecified atom stereocenters. The topological polar surface area (TPSA) is 52.6 Å². The van der Waals surface area contributed by atoms with E-state index < -0.39 is 5.41 Å². The Labute approximate surface area is 130 Å². The predicted molar refractivity (Wildman–Crippen MR) is 82.8 cm³/mol. The summed E-state index contributed by atoms with van der Waals surface area (Å²) in [7, 11) is 0. The molecule has 0 saturated heterocycles. The van der Waals surface area contributed by atoms with Crippen molar-refractivity contribution in [3.63, 3.8) is 0 Å². The highest BCUT2D eigenvalue weighted by Gasteiger charge is 2.31. The van der Waals surface area contributed by atoms with Gasteiger partial charge in [-0.3, -0.25) is 9.59 Å². The molecule has 0 heterocycles. The molecule has 5 heteroatoms. The van der Waals surface area contributed by atoms with E-state index in [4.69, 9.17) is 9.47 Å². The summed E-state index contributed by atoms with van der Waals surface area (Å²) in [5, 5.41) is 0.552. The number of halogens is 1. The van der Waals surface area contributed by atoms with Gasteiger partial charge >= 0.3 is 11.9 Å². The number of hydrogen-bond donors (Lipinski definition) is 0. The first-order chi connectivity index (χ1) is 9.38. The maximum Gasteiger partial charge on any atom is 0.311 e. The Morgan fingerprint density at radius 1 is 1.20 bits per heavy atom. The lowest BCUT2D eigenvalue weighted by Gasteiger charge is -2.24. The number of carbonyl (C=O) groups is 2. The molecule has 0 aliphatic carbocycles. The Balaban J connectivity index is 4.29. The Bertz CT molecular complexity index is 302. The van der Waals surface area contributed by atoms with E-state index in [9.17, 15) is 9.59 Å². The minimum absolute atomic E-state index is 0.185. The lowest BCUT2D eigenvalue weighted by atomic mass is 9.85. The fourth-order valence-corrected chi connectivity index (χ4v) is 2.24. The predicted octanol–water partition coefficient (Wildman–Crippen LogP) is 3.71. The maximum absolute atomic E-state index is 11.9. The van der Waals surface area contributed by atoms with Gasteiger partial charge in [0.05, 0.1) is 24.5 Å². The zero-order valence-corrected chi connectivity index (χ0v) is 14.6. The van der Waals surface area contributed by atoms with Crippen molar-refractivity contribution in [1.29, 1.82) is 0 Å². The van der Waals surface area contributed by atoms with E-state index in [1.807, 2.05) is 13.8 Å². The third-order valence-corrected chi connectivity index (χ3v) is 3.99. The molecule has 0 saturated carbocycles. The van der Waals surface area contributed by atoms with Crippen LogP contribution in [0.25, 0.3) is 0 Å². The van der Waals surface area contributed by atoms with Gasteiger partial charge in [-0.1, -0.05) is 29.3 Å². The number of carbonyl (C=O) groups excluding carboxylic acids is 2. The van der Waals surface area contributed by atoms with Crippen LogP contribution in [0.3, 0.4) is 0 Å². The summed E-state index contributed by atoms with van der Waals surface area (Å²) in [4.78, 5) is 23.7. The van der Waals surface area contributed by atoms with Crippen molar-refractivity contribution in [3.8, 4) is 0 Å². The standard InChI is InChI=1S/C15H27BrO4/c1-5-7-10-20-13(17)12(11-16)8-9-15(3,4)14(18)19-6-2/h12H,5-11H2,1-4H3. The number of ether oxygens (including phenoxy) is 2. The summed E-state index contributed by atoms with van der Waals surface area (Å²) in [5.41, 5.74) is -0.569. The van der Waals surface area contributed by atoms with Crippen molar-refractivity contribution in [2.75, 3.05) is 18.5 Å². The molecule has 0 aromatic carbocycles. The average molecular weight is 351 g/mol. The molecule has 0 aromatic heterocycles. The van der Waals surface area contributed by atoms with Gasteiger partial charge in [-0.2, -0.15) is 0 Å². The Morgan fingerprint density at radius 2 is 1.85 bits per heavy atom. The molecule has 4 nitrogen and oxygen atoms in total. The van der Waals surface area contributed by atoms with Gasteiger partial charge < -0.3 is 9.47 Å². The molecule has 0 fully saturated rings. The van der Waals surface area contributed by atoms with E-state index in [2.05, 4.69) is 22.9 Å². The zero-order chi connectivity index (χ0) is 15.6. The van der Waals surface area contributed by atoms with E-state index in [-0.39, 0.29) is 17.9 Å². The molecule has 0 spiro atoms. The van der Waals surface area contributed by atoms with E-state index in [1.165, 1.54) is 0 Å². The monoisotopic (exact) mass is 350 g/mol. The second-order valence-corrected chi connectivity index (χ2v) is 6.16. The maximum atomic E-state index is 11.9. The first-order valence-corrected chi connectivity index (χ1v) is 8.41. The van der Waals surface area contributed by atoms with Crippen molar-refractivity contribution < 1.29 is 19.1 Å². The van der Waals surface area contributed by atoms with Gasteiger partial charge in [-0.15, -0.1) is 0 Å². The van der Waals surface area contributed by atoms with Gasteiger partial charge in [-0.05, 0) is 40.0 Å². The number of unbranched alkanes of at least 4 members (excludes halogenated alkanes) is 1. The summed E-state index contributed by atoms with van der Waals surface area (Å²) in [5.74, 6) is -0.608. The van der Waals surface area contributed by atoms with E-state index >= 15 is 0 Å². The van der Waals surface area contributed by atoms with Gasteiger partial charge in [0.25, 0.3) is 0 Å². The van der Waals surface area contributed by atoms with Crippen LogP contribution in [0.4, 0.5) is 0 Å². The average Bonchev–Trinajstić information content (AvgIpc) is 2.40. The van der Waals surface area contributed by atoms with E-state index in [0.29, 0.717) is 31.4 Å². The van der Waals surface area contributed by atoms with Gasteiger partial charge in [-0.25, -0.2) is 0 Å². The smallest absolute Gasteiger partial charge is 0.311 e. The summed E-state index contributed by atoms with van der Waals surface area (Å²) in [6.45, 7) is 8.39. The van der Waals surface area contributed by atoms with Crippen molar-refractivity contribution >= 4 is 27.9 Å². The second kappa shape index (κ2) is 10.2. The minimum atomic E-state index is -0.569. The Kier molecular flexibility index (Phi) is 9.90. The first kappa shape index (κ1) is 19.4. The molecule has 0 radical (unpaired) electrons. The third kappa shape index (κ3) is 7.27. The van der Waals surface area contributed by atoms with Crippen LogP contribution >= 0.6 is 15.9 Å². The quantitative estimate of drug-likeness (QED) is 0.342. The molecule has 0 aromatic rings. The Morgan fingerprint density at radius 3 is 2.35 bits per heavy atom. The number of rotatable bonds is 10. The van der Waals surface area contributed by atoms with Crippen LogP contribution in [0, 0.1) is 11.3 Å². The molecule has 0 rings (SSSR count). The van der Waals surface area contributed by atoms with Gasteiger partial charge in [0.1, 0.15) is 0 Å². The van der Waals surface area contributed by atoms with Gasteiger partial charge in [0, 0.05) is 5.33 Å². The second-order valence-electron chi connectivity index (χ2n) is 5.52. The molecule has 0 aliphatic rings. The fraction of sp³-hybridized carbons (Fsp3) is 0.867. The SMILES string of the molecule is CCCCOC(=O)C(CBr)CCC(C)(C)C(=O)OCC. The van der Waals surface area contributed by atoms with Crippen molar-refractivity contribution in [2.24, 2.45) is 11.3 Å². The summed E-state index contributed by atoms with van der Waals surface area (Å²) in [6.07, 6.45) is 3.10. The van der Waals surface area contributed by atoms with Crippen LogP contribution in [0.15, 0.2) is 0 Å². The molecule has 1 atom stereocenters. The molecule has 118 valence electrons. The molecule has 20 heavy (non-hydrogen) atoms. The lowest BCUT2D eigenvalue weighted by Crippen LogP contribution is -2.29. The van der Waals surface area contributed by atoms with Crippen LogP contribution in [-0.4, -0.2) is 30.5 Å². The molecule has 0 amide bonds. The first-order valence-electron chi connectivity index (χ1n) is 7.28. The van der Waals surface area contributed by atoms with Crippen LogP contribution in [0.5, 0.6) is 0 Å². The summed E-state index contributed by atoms with van der Waals surface area (Å²) in [6, 6.07) is 0. The van der Waals surface area contributed by atoms with Crippen molar-refractivity contribution in [2.45, 2.75) is 53.4 Å². The van der Waals surface area contributed by atoms with Crippen LogP contribution in [0.1, 0.15) is 53.4 Å². The van der Waals surface area contributed by atoms with Crippen LogP contribution in [0.2, 0.25) is 0 Å². The molecular weight excluding hydrogens is 324 g/mol. The Hall–Kier alpha value is -0.580. The van der Waals surface area contributed by atoms with E-state index in [0.717, 1.165) is 12.8 Å². The summed E-state index contributed by atoms with van der Waals surface area (Å²) >= 11 is 3.34. The number of hydrogen-bond acceptors (Lipinski definition) is 4. The highest BCUT2D eigenvalue weighted by Crippen LogP contribution is 2.27. The molecular formula is C15H27BrO4.